The van der Waals surface area contributed by atoms with Crippen LogP contribution >= 0.6 is 24.0 Å². The Labute approximate surface area is 118 Å². The highest BCUT2D eigenvalue weighted by Crippen LogP contribution is 2.27. The molecule has 1 aliphatic carbocycles. The van der Waals surface area contributed by atoms with E-state index in [1.54, 1.807) is 6.26 Å². The summed E-state index contributed by atoms with van der Waals surface area (Å²) in [7, 11) is 0. The third kappa shape index (κ3) is 5.38. The molecule has 6 heteroatoms. The van der Waals surface area contributed by atoms with Crippen LogP contribution in [0.4, 0.5) is 0 Å². The van der Waals surface area contributed by atoms with Gasteiger partial charge >= 0.3 is 0 Å². The lowest BCUT2D eigenvalue weighted by Gasteiger charge is -2.09. The Morgan fingerprint density at radius 3 is 2.94 bits per heavy atom. The number of hydrogen-bond acceptors (Lipinski definition) is 3. The van der Waals surface area contributed by atoms with Crippen LogP contribution in [0.1, 0.15) is 25.5 Å². The van der Waals surface area contributed by atoms with Gasteiger partial charge < -0.3 is 15.2 Å². The second-order valence-corrected chi connectivity index (χ2v) is 4.01. The molecule has 0 unspecified atom stereocenters. The van der Waals surface area contributed by atoms with Crippen LogP contribution < -0.4 is 10.6 Å². The summed E-state index contributed by atoms with van der Waals surface area (Å²) in [5.74, 6) is 1.70. The Morgan fingerprint density at radius 2 is 2.35 bits per heavy atom. The monoisotopic (exact) mass is 350 g/mol. The molecule has 0 aliphatic heterocycles. The molecule has 96 valence electrons. The van der Waals surface area contributed by atoms with Gasteiger partial charge in [0.25, 0.3) is 0 Å². The van der Waals surface area contributed by atoms with Crippen LogP contribution in [0.25, 0.3) is 0 Å². The molecule has 0 atom stereocenters. The smallest absolute Gasteiger partial charge is 0.191 e. The van der Waals surface area contributed by atoms with Crippen molar-refractivity contribution in [1.82, 2.24) is 15.8 Å². The molecule has 0 spiro atoms. The van der Waals surface area contributed by atoms with Gasteiger partial charge in [-0.25, -0.2) is 4.99 Å². The number of nitrogens with zero attached hydrogens (tertiary/aromatic N) is 2. The molecule has 0 bridgehead atoms. The molecular weight excluding hydrogens is 331 g/mol. The summed E-state index contributed by atoms with van der Waals surface area (Å²) in [5.41, 5.74) is 0.851. The van der Waals surface area contributed by atoms with Gasteiger partial charge in [-0.1, -0.05) is 5.16 Å². The highest BCUT2D eigenvalue weighted by molar-refractivity contribution is 14.0. The van der Waals surface area contributed by atoms with Gasteiger partial charge in [-0.05, 0) is 25.7 Å². The summed E-state index contributed by atoms with van der Waals surface area (Å²) in [5, 5.41) is 10.4. The predicted molar refractivity (Wildman–Crippen MR) is 77.5 cm³/mol. The van der Waals surface area contributed by atoms with E-state index in [1.165, 1.54) is 12.8 Å². The highest BCUT2D eigenvalue weighted by Gasteiger charge is 2.20. The molecule has 1 aromatic rings. The van der Waals surface area contributed by atoms with Gasteiger partial charge in [0, 0.05) is 19.2 Å². The summed E-state index contributed by atoms with van der Waals surface area (Å²) in [6.07, 6.45) is 4.25. The maximum atomic E-state index is 4.75. The third-order valence-electron chi connectivity index (χ3n) is 2.49. The number of aromatic nitrogens is 1. The molecule has 2 N–H and O–H groups in total. The summed E-state index contributed by atoms with van der Waals surface area (Å²) in [6, 6.07) is 1.83. The van der Waals surface area contributed by atoms with Gasteiger partial charge in [-0.3, -0.25) is 0 Å². The minimum absolute atomic E-state index is 0. The highest BCUT2D eigenvalue weighted by atomic mass is 127. The van der Waals surface area contributed by atoms with Crippen LogP contribution in [0, 0.1) is 5.92 Å². The standard InChI is InChI=1S/C11H18N4O.HI/c1-2-12-11(13-7-9-3-4-9)14-8-10-5-6-16-15-10;/h5-6,9H,2-4,7-8H2,1H3,(H2,12,13,14);1H. The molecule has 5 nitrogen and oxygen atoms in total. The molecule has 0 aromatic carbocycles. The first-order valence-electron chi connectivity index (χ1n) is 5.80. The fourth-order valence-electron chi connectivity index (χ4n) is 1.38. The number of aliphatic imine (C=N–C) groups is 1. The molecule has 0 amide bonds. The van der Waals surface area contributed by atoms with E-state index in [0.29, 0.717) is 6.54 Å². The van der Waals surface area contributed by atoms with Crippen LogP contribution in [0.5, 0.6) is 0 Å². The Balaban J connectivity index is 0.00000144. The van der Waals surface area contributed by atoms with Crippen molar-refractivity contribution in [1.29, 1.82) is 0 Å². The lowest BCUT2D eigenvalue weighted by atomic mass is 10.4. The zero-order chi connectivity index (χ0) is 11.2. The Hall–Kier alpha value is -0.790. The summed E-state index contributed by atoms with van der Waals surface area (Å²) >= 11 is 0. The van der Waals surface area contributed by atoms with E-state index in [1.807, 2.05) is 6.07 Å². The summed E-state index contributed by atoms with van der Waals surface area (Å²) in [6.45, 7) is 4.50. The maximum absolute atomic E-state index is 4.75. The SMILES string of the molecule is CCNC(=NCc1ccon1)NCC1CC1.I. The van der Waals surface area contributed by atoms with E-state index >= 15 is 0 Å². The van der Waals surface area contributed by atoms with Crippen molar-refractivity contribution >= 4 is 29.9 Å². The van der Waals surface area contributed by atoms with E-state index in [2.05, 4.69) is 27.7 Å². The molecule has 1 aromatic heterocycles. The predicted octanol–water partition coefficient (Wildman–Crippen LogP) is 1.76. The summed E-state index contributed by atoms with van der Waals surface area (Å²) < 4.78 is 4.75. The van der Waals surface area contributed by atoms with E-state index in [9.17, 15) is 0 Å². The van der Waals surface area contributed by atoms with Gasteiger partial charge in [0.1, 0.15) is 12.0 Å². The van der Waals surface area contributed by atoms with Gasteiger partial charge in [-0.15, -0.1) is 24.0 Å². The average molecular weight is 350 g/mol. The van der Waals surface area contributed by atoms with Gasteiger partial charge in [0.05, 0.1) is 6.54 Å². The minimum atomic E-state index is 0. The van der Waals surface area contributed by atoms with E-state index in [-0.39, 0.29) is 24.0 Å². The topological polar surface area (TPSA) is 62.5 Å². The Morgan fingerprint density at radius 1 is 1.53 bits per heavy atom. The normalized spacial score (nSPS) is 15.2. The van der Waals surface area contributed by atoms with Crippen molar-refractivity contribution in [2.24, 2.45) is 10.9 Å². The molecule has 1 fully saturated rings. The van der Waals surface area contributed by atoms with Crippen molar-refractivity contribution in [3.8, 4) is 0 Å². The first kappa shape index (κ1) is 14.3. The fourth-order valence-corrected chi connectivity index (χ4v) is 1.38. The second kappa shape index (κ2) is 7.52. The van der Waals surface area contributed by atoms with Crippen LogP contribution in [0.3, 0.4) is 0 Å². The molecular formula is C11H19IN4O. The molecule has 0 saturated heterocycles. The van der Waals surface area contributed by atoms with Crippen molar-refractivity contribution in [2.45, 2.75) is 26.3 Å². The number of nitrogens with one attached hydrogen (secondary N) is 2. The van der Waals surface area contributed by atoms with Crippen LogP contribution in [-0.2, 0) is 6.54 Å². The van der Waals surface area contributed by atoms with E-state index < -0.39 is 0 Å². The number of guanidine groups is 1. The van der Waals surface area contributed by atoms with Crippen molar-refractivity contribution < 1.29 is 4.52 Å². The van der Waals surface area contributed by atoms with Crippen LogP contribution in [0.2, 0.25) is 0 Å². The zero-order valence-corrected chi connectivity index (χ0v) is 12.3. The zero-order valence-electron chi connectivity index (χ0n) is 9.98. The van der Waals surface area contributed by atoms with E-state index in [0.717, 1.165) is 30.7 Å². The number of hydrogen-bond donors (Lipinski definition) is 2. The largest absolute Gasteiger partial charge is 0.364 e. The van der Waals surface area contributed by atoms with E-state index in [4.69, 9.17) is 4.52 Å². The maximum Gasteiger partial charge on any atom is 0.191 e. The lowest BCUT2D eigenvalue weighted by molar-refractivity contribution is 0.412. The molecule has 2 rings (SSSR count). The summed E-state index contributed by atoms with van der Waals surface area (Å²) in [4.78, 5) is 4.43. The first-order valence-corrected chi connectivity index (χ1v) is 5.80. The molecule has 1 saturated carbocycles. The van der Waals surface area contributed by atoms with Crippen LogP contribution in [0.15, 0.2) is 21.8 Å². The molecule has 17 heavy (non-hydrogen) atoms. The Bertz CT molecular complexity index is 335. The number of rotatable bonds is 5. The van der Waals surface area contributed by atoms with Crippen molar-refractivity contribution in [3.05, 3.63) is 18.0 Å². The van der Waals surface area contributed by atoms with Crippen molar-refractivity contribution in [2.75, 3.05) is 13.1 Å². The number of halogens is 1. The van der Waals surface area contributed by atoms with Gasteiger partial charge in [-0.2, -0.15) is 0 Å². The van der Waals surface area contributed by atoms with Crippen molar-refractivity contribution in [3.63, 3.8) is 0 Å². The molecule has 1 heterocycles. The lowest BCUT2D eigenvalue weighted by Crippen LogP contribution is -2.38. The van der Waals surface area contributed by atoms with Gasteiger partial charge in [0.2, 0.25) is 0 Å². The fraction of sp³-hybridized carbons (Fsp3) is 0.636. The second-order valence-electron chi connectivity index (χ2n) is 4.01. The molecule has 1 aliphatic rings. The van der Waals surface area contributed by atoms with Gasteiger partial charge in [0.15, 0.2) is 5.96 Å². The first-order chi connectivity index (χ1) is 7.88. The quantitative estimate of drug-likeness (QED) is 0.483. The third-order valence-corrected chi connectivity index (χ3v) is 2.49. The minimum Gasteiger partial charge on any atom is -0.364 e. The molecule has 0 radical (unpaired) electrons. The average Bonchev–Trinajstić information content (AvgIpc) is 2.97. The Kier molecular flexibility index (Phi) is 6.31. The van der Waals surface area contributed by atoms with Crippen LogP contribution in [-0.4, -0.2) is 24.2 Å².